The lowest BCUT2D eigenvalue weighted by molar-refractivity contribution is 0.0920. The normalized spacial score (nSPS) is 17.9. The quantitative estimate of drug-likeness (QED) is 0.945. The van der Waals surface area contributed by atoms with E-state index in [0.29, 0.717) is 18.2 Å². The van der Waals surface area contributed by atoms with E-state index in [-0.39, 0.29) is 12.1 Å². The first kappa shape index (κ1) is 13.9. The van der Waals surface area contributed by atoms with Gasteiger partial charge in [-0.3, -0.25) is 4.90 Å². The standard InChI is InChI=1S/C15H17N3O2S/c16-13-9-17-14(21-13)12-7-4-8-18(12)15(19)20-10-11-5-2-1-3-6-11/h1-3,5-6,9,12H,4,7-8,10,16H2/t12-/m1/s1. The fraction of sp³-hybridized carbons (Fsp3) is 0.333. The number of carbonyl (C=O) groups excluding carboxylic acids is 1. The number of thiazole rings is 1. The van der Waals surface area contributed by atoms with E-state index in [1.54, 1.807) is 11.1 Å². The molecule has 1 atom stereocenters. The average molecular weight is 303 g/mol. The number of hydrogen-bond donors (Lipinski definition) is 1. The largest absolute Gasteiger partial charge is 0.445 e. The number of rotatable bonds is 3. The Kier molecular flexibility index (Phi) is 4.06. The van der Waals surface area contributed by atoms with Gasteiger partial charge in [0.15, 0.2) is 0 Å². The summed E-state index contributed by atoms with van der Waals surface area (Å²) in [5.41, 5.74) is 6.71. The van der Waals surface area contributed by atoms with Crippen molar-refractivity contribution >= 4 is 22.4 Å². The number of ether oxygens (including phenoxy) is 1. The van der Waals surface area contributed by atoms with Crippen LogP contribution in [0, 0.1) is 0 Å². The molecule has 1 fully saturated rings. The summed E-state index contributed by atoms with van der Waals surface area (Å²) in [7, 11) is 0. The SMILES string of the molecule is Nc1cnc([C@H]2CCCN2C(=O)OCc2ccccc2)s1. The Morgan fingerprint density at radius 1 is 1.43 bits per heavy atom. The van der Waals surface area contributed by atoms with Gasteiger partial charge in [0.2, 0.25) is 0 Å². The summed E-state index contributed by atoms with van der Waals surface area (Å²) in [4.78, 5) is 18.3. The topological polar surface area (TPSA) is 68.5 Å². The highest BCUT2D eigenvalue weighted by Crippen LogP contribution is 2.35. The second-order valence-electron chi connectivity index (χ2n) is 4.99. The Morgan fingerprint density at radius 3 is 2.95 bits per heavy atom. The number of likely N-dealkylation sites (tertiary alicyclic amines) is 1. The molecule has 5 nitrogen and oxygen atoms in total. The number of aromatic nitrogens is 1. The number of benzene rings is 1. The van der Waals surface area contributed by atoms with Gasteiger partial charge >= 0.3 is 6.09 Å². The Hall–Kier alpha value is -2.08. The third kappa shape index (κ3) is 3.16. The van der Waals surface area contributed by atoms with E-state index in [0.717, 1.165) is 23.4 Å². The zero-order chi connectivity index (χ0) is 14.7. The molecule has 2 heterocycles. The van der Waals surface area contributed by atoms with Crippen LogP contribution in [0.2, 0.25) is 0 Å². The summed E-state index contributed by atoms with van der Waals surface area (Å²) in [5.74, 6) is 0. The van der Waals surface area contributed by atoms with Crippen molar-refractivity contribution in [3.8, 4) is 0 Å². The molecule has 2 aromatic rings. The highest BCUT2D eigenvalue weighted by atomic mass is 32.1. The molecule has 110 valence electrons. The van der Waals surface area contributed by atoms with Crippen molar-refractivity contribution in [1.29, 1.82) is 0 Å². The molecule has 0 spiro atoms. The molecule has 0 saturated carbocycles. The average Bonchev–Trinajstić information content (AvgIpc) is 3.14. The maximum Gasteiger partial charge on any atom is 0.410 e. The predicted molar refractivity (Wildman–Crippen MR) is 81.8 cm³/mol. The molecule has 6 heteroatoms. The lowest BCUT2D eigenvalue weighted by Crippen LogP contribution is -2.31. The van der Waals surface area contributed by atoms with Gasteiger partial charge in [-0.2, -0.15) is 0 Å². The van der Waals surface area contributed by atoms with E-state index in [9.17, 15) is 4.79 Å². The van der Waals surface area contributed by atoms with Gasteiger partial charge in [-0.05, 0) is 18.4 Å². The van der Waals surface area contributed by atoms with Crippen LogP contribution < -0.4 is 5.73 Å². The summed E-state index contributed by atoms with van der Waals surface area (Å²) in [6, 6.07) is 9.68. The monoisotopic (exact) mass is 303 g/mol. The molecule has 0 aliphatic carbocycles. The molecule has 2 N–H and O–H groups in total. The molecule has 0 radical (unpaired) electrons. The summed E-state index contributed by atoms with van der Waals surface area (Å²) < 4.78 is 5.40. The van der Waals surface area contributed by atoms with Crippen molar-refractivity contribution in [2.24, 2.45) is 0 Å². The molecule has 1 saturated heterocycles. The van der Waals surface area contributed by atoms with Crippen LogP contribution in [0.4, 0.5) is 9.80 Å². The Bertz CT molecular complexity index is 614. The minimum absolute atomic E-state index is 0.00410. The van der Waals surface area contributed by atoms with Gasteiger partial charge in [0.05, 0.1) is 12.2 Å². The number of hydrogen-bond acceptors (Lipinski definition) is 5. The van der Waals surface area contributed by atoms with Crippen molar-refractivity contribution in [3.05, 3.63) is 47.1 Å². The van der Waals surface area contributed by atoms with Crippen molar-refractivity contribution in [3.63, 3.8) is 0 Å². The first-order valence-electron chi connectivity index (χ1n) is 6.92. The van der Waals surface area contributed by atoms with Crippen LogP contribution in [0.15, 0.2) is 36.5 Å². The molecular formula is C15H17N3O2S. The zero-order valence-electron chi connectivity index (χ0n) is 11.6. The molecule has 1 aliphatic rings. The highest BCUT2D eigenvalue weighted by molar-refractivity contribution is 7.15. The molecule has 1 amide bonds. The third-order valence-corrected chi connectivity index (χ3v) is 4.45. The van der Waals surface area contributed by atoms with E-state index >= 15 is 0 Å². The number of anilines is 1. The van der Waals surface area contributed by atoms with E-state index < -0.39 is 0 Å². The number of nitrogen functional groups attached to an aromatic ring is 1. The number of nitrogens with two attached hydrogens (primary N) is 1. The first-order valence-corrected chi connectivity index (χ1v) is 7.74. The summed E-state index contributed by atoms with van der Waals surface area (Å²) in [5, 5.41) is 1.57. The van der Waals surface area contributed by atoms with E-state index in [1.165, 1.54) is 11.3 Å². The fourth-order valence-electron chi connectivity index (χ4n) is 2.50. The molecule has 1 aromatic carbocycles. The third-order valence-electron chi connectivity index (χ3n) is 3.52. The molecule has 0 unspecified atom stereocenters. The van der Waals surface area contributed by atoms with E-state index in [4.69, 9.17) is 10.5 Å². The predicted octanol–water partition coefficient (Wildman–Crippen LogP) is 3.20. The second kappa shape index (κ2) is 6.13. The fourth-order valence-corrected chi connectivity index (χ4v) is 3.33. The Labute approximate surface area is 127 Å². The number of amides is 1. The number of nitrogens with zero attached hydrogens (tertiary/aromatic N) is 2. The minimum atomic E-state index is -0.282. The van der Waals surface area contributed by atoms with Crippen LogP contribution in [0.3, 0.4) is 0 Å². The van der Waals surface area contributed by atoms with Gasteiger partial charge in [0.25, 0.3) is 0 Å². The van der Waals surface area contributed by atoms with Crippen LogP contribution in [-0.4, -0.2) is 22.5 Å². The lowest BCUT2D eigenvalue weighted by Gasteiger charge is -2.22. The smallest absolute Gasteiger partial charge is 0.410 e. The summed E-state index contributed by atoms with van der Waals surface area (Å²) in [6.45, 7) is 1.00. The minimum Gasteiger partial charge on any atom is -0.445 e. The van der Waals surface area contributed by atoms with Crippen LogP contribution >= 0.6 is 11.3 Å². The van der Waals surface area contributed by atoms with Gasteiger partial charge in [0, 0.05) is 6.54 Å². The Morgan fingerprint density at radius 2 is 2.24 bits per heavy atom. The van der Waals surface area contributed by atoms with Crippen LogP contribution in [0.1, 0.15) is 29.5 Å². The van der Waals surface area contributed by atoms with Crippen molar-refractivity contribution in [2.45, 2.75) is 25.5 Å². The molecular weight excluding hydrogens is 286 g/mol. The van der Waals surface area contributed by atoms with Crippen LogP contribution in [-0.2, 0) is 11.3 Å². The molecule has 1 aliphatic heterocycles. The highest BCUT2D eigenvalue weighted by Gasteiger charge is 2.33. The van der Waals surface area contributed by atoms with Gasteiger partial charge in [-0.15, -0.1) is 0 Å². The summed E-state index contributed by atoms with van der Waals surface area (Å²) >= 11 is 1.44. The van der Waals surface area contributed by atoms with Crippen molar-refractivity contribution in [2.75, 3.05) is 12.3 Å². The van der Waals surface area contributed by atoms with Gasteiger partial charge in [0.1, 0.15) is 16.6 Å². The van der Waals surface area contributed by atoms with Crippen molar-refractivity contribution in [1.82, 2.24) is 9.88 Å². The lowest BCUT2D eigenvalue weighted by atomic mass is 10.2. The molecule has 0 bridgehead atoms. The maximum absolute atomic E-state index is 12.3. The molecule has 3 rings (SSSR count). The van der Waals surface area contributed by atoms with Crippen molar-refractivity contribution < 1.29 is 9.53 Å². The number of carbonyl (C=O) groups is 1. The van der Waals surface area contributed by atoms with Crippen LogP contribution in [0.25, 0.3) is 0 Å². The zero-order valence-corrected chi connectivity index (χ0v) is 12.4. The molecule has 21 heavy (non-hydrogen) atoms. The van der Waals surface area contributed by atoms with Gasteiger partial charge < -0.3 is 10.5 Å². The van der Waals surface area contributed by atoms with Crippen LogP contribution in [0.5, 0.6) is 0 Å². The van der Waals surface area contributed by atoms with Gasteiger partial charge in [-0.1, -0.05) is 41.7 Å². The molecule has 1 aromatic heterocycles. The van der Waals surface area contributed by atoms with E-state index in [2.05, 4.69) is 4.98 Å². The second-order valence-corrected chi connectivity index (χ2v) is 6.09. The Balaban J connectivity index is 1.63. The first-order chi connectivity index (χ1) is 10.2. The maximum atomic E-state index is 12.3. The summed E-state index contributed by atoms with van der Waals surface area (Å²) in [6.07, 6.45) is 3.24. The van der Waals surface area contributed by atoms with Gasteiger partial charge in [-0.25, -0.2) is 9.78 Å². The van der Waals surface area contributed by atoms with E-state index in [1.807, 2.05) is 30.3 Å².